The van der Waals surface area contributed by atoms with E-state index in [1.165, 1.54) is 24.1 Å². The van der Waals surface area contributed by atoms with Crippen molar-refractivity contribution >= 4 is 0 Å². The number of benzene rings is 1. The highest BCUT2D eigenvalue weighted by molar-refractivity contribution is 5.42. The Balaban J connectivity index is 0.000000561. The lowest BCUT2D eigenvalue weighted by Gasteiger charge is -2.25. The smallest absolute Gasteiger partial charge is 0.0921 e. The van der Waals surface area contributed by atoms with Gasteiger partial charge in [0, 0.05) is 11.9 Å². The van der Waals surface area contributed by atoms with Gasteiger partial charge in [-0.2, -0.15) is 0 Å². The molecular weight excluding hydrogens is 268 g/mol. The maximum Gasteiger partial charge on any atom is 0.0921 e. The Kier molecular flexibility index (Phi) is 7.37. The van der Waals surface area contributed by atoms with Crippen LogP contribution >= 0.6 is 0 Å². The van der Waals surface area contributed by atoms with Gasteiger partial charge in [0.1, 0.15) is 0 Å². The lowest BCUT2D eigenvalue weighted by atomic mass is 9.79. The molecule has 1 N–H and O–H groups in total. The summed E-state index contributed by atoms with van der Waals surface area (Å²) in [7, 11) is 0. The van der Waals surface area contributed by atoms with Gasteiger partial charge in [0.05, 0.1) is 6.33 Å². The third kappa shape index (κ3) is 3.79. The zero-order valence-electron chi connectivity index (χ0n) is 15.1. The normalized spacial score (nSPS) is 22.0. The average molecular weight is 300 g/mol. The highest BCUT2D eigenvalue weighted by Gasteiger charge is 2.39. The third-order valence-electron chi connectivity index (χ3n) is 4.38. The van der Waals surface area contributed by atoms with Crippen LogP contribution in [0.4, 0.5) is 0 Å². The van der Waals surface area contributed by atoms with Crippen molar-refractivity contribution in [3.63, 3.8) is 0 Å². The molecule has 0 fully saturated rings. The third-order valence-corrected chi connectivity index (χ3v) is 4.38. The molecule has 3 rings (SSSR count). The highest BCUT2D eigenvalue weighted by Crippen LogP contribution is 2.48. The molecule has 2 atom stereocenters. The molecular formula is C20H32N2. The zero-order chi connectivity index (χ0) is 16.6. The van der Waals surface area contributed by atoms with Crippen molar-refractivity contribution in [1.29, 1.82) is 0 Å². The molecule has 0 amide bonds. The van der Waals surface area contributed by atoms with Gasteiger partial charge < -0.3 is 4.98 Å². The van der Waals surface area contributed by atoms with Gasteiger partial charge in [-0.1, -0.05) is 65.8 Å². The van der Waals surface area contributed by atoms with Crippen molar-refractivity contribution in [2.75, 3.05) is 0 Å². The minimum atomic E-state index is 0.254. The summed E-state index contributed by atoms with van der Waals surface area (Å²) in [6.07, 6.45) is 7.27. The fraction of sp³-hybridized carbons (Fsp3) is 0.550. The molecule has 1 heterocycles. The van der Waals surface area contributed by atoms with E-state index < -0.39 is 0 Å². The standard InChI is InChI=1S/C16H20N2.2C2H6/c1-3-12-8-16(2,9-13-10-17-11-18-13)15-7-5-4-6-14(12)15;2*1-2/h4-7,10-12H,3,8-9H2,1-2H3,(H,17,18);2*1-2H3. The summed E-state index contributed by atoms with van der Waals surface area (Å²) in [4.78, 5) is 7.38. The number of hydrogen-bond acceptors (Lipinski definition) is 1. The van der Waals surface area contributed by atoms with Crippen molar-refractivity contribution < 1.29 is 0 Å². The summed E-state index contributed by atoms with van der Waals surface area (Å²) in [5, 5.41) is 0. The summed E-state index contributed by atoms with van der Waals surface area (Å²) in [5.41, 5.74) is 4.58. The summed E-state index contributed by atoms with van der Waals surface area (Å²) < 4.78 is 0. The average Bonchev–Trinajstić information content (AvgIpc) is 3.18. The van der Waals surface area contributed by atoms with E-state index in [1.807, 2.05) is 33.9 Å². The molecule has 0 radical (unpaired) electrons. The molecule has 0 aliphatic heterocycles. The van der Waals surface area contributed by atoms with E-state index in [0.29, 0.717) is 5.92 Å². The summed E-state index contributed by atoms with van der Waals surface area (Å²) in [6, 6.07) is 8.95. The predicted molar refractivity (Wildman–Crippen MR) is 96.4 cm³/mol. The quantitative estimate of drug-likeness (QED) is 0.755. The van der Waals surface area contributed by atoms with Gasteiger partial charge >= 0.3 is 0 Å². The number of H-pyrrole nitrogens is 1. The number of nitrogens with zero attached hydrogens (tertiary/aromatic N) is 1. The second-order valence-corrected chi connectivity index (χ2v) is 5.71. The minimum absolute atomic E-state index is 0.254. The molecule has 1 aromatic heterocycles. The van der Waals surface area contributed by atoms with Crippen LogP contribution in [0.15, 0.2) is 36.8 Å². The molecule has 0 spiro atoms. The van der Waals surface area contributed by atoms with Crippen LogP contribution in [0.3, 0.4) is 0 Å². The van der Waals surface area contributed by atoms with Crippen LogP contribution in [0.5, 0.6) is 0 Å². The maximum atomic E-state index is 4.13. The van der Waals surface area contributed by atoms with Gasteiger partial charge in [0.25, 0.3) is 0 Å². The number of aromatic nitrogens is 2. The van der Waals surface area contributed by atoms with E-state index in [4.69, 9.17) is 0 Å². The highest BCUT2D eigenvalue weighted by atomic mass is 14.9. The molecule has 1 aromatic carbocycles. The van der Waals surface area contributed by atoms with E-state index in [2.05, 4.69) is 48.1 Å². The van der Waals surface area contributed by atoms with Gasteiger partial charge in [-0.05, 0) is 41.7 Å². The number of hydrogen-bond donors (Lipinski definition) is 1. The second-order valence-electron chi connectivity index (χ2n) is 5.71. The lowest BCUT2D eigenvalue weighted by Crippen LogP contribution is -2.22. The monoisotopic (exact) mass is 300 g/mol. The molecule has 1 aliphatic rings. The van der Waals surface area contributed by atoms with Gasteiger partial charge in [-0.25, -0.2) is 4.98 Å². The Bertz CT molecular complexity index is 530. The van der Waals surface area contributed by atoms with Gasteiger partial charge in [0.2, 0.25) is 0 Å². The second kappa shape index (κ2) is 8.77. The molecule has 0 bridgehead atoms. The first-order chi connectivity index (χ1) is 10.7. The first-order valence-corrected chi connectivity index (χ1v) is 8.79. The van der Waals surface area contributed by atoms with E-state index in [0.717, 1.165) is 6.42 Å². The molecule has 22 heavy (non-hydrogen) atoms. The van der Waals surface area contributed by atoms with Crippen LogP contribution in [-0.2, 0) is 11.8 Å². The van der Waals surface area contributed by atoms with Crippen molar-refractivity contribution in [2.45, 2.75) is 72.1 Å². The molecule has 1 aliphatic carbocycles. The number of nitrogens with one attached hydrogen (secondary N) is 1. The number of aromatic amines is 1. The van der Waals surface area contributed by atoms with E-state index in [1.54, 1.807) is 11.9 Å². The summed E-state index contributed by atoms with van der Waals surface area (Å²) in [6.45, 7) is 12.7. The predicted octanol–water partition coefficient (Wildman–Crippen LogP) is 5.86. The molecule has 2 nitrogen and oxygen atoms in total. The molecule has 2 heteroatoms. The fourth-order valence-electron chi connectivity index (χ4n) is 3.50. The van der Waals surface area contributed by atoms with Gasteiger partial charge in [-0.3, -0.25) is 0 Å². The Hall–Kier alpha value is -1.57. The summed E-state index contributed by atoms with van der Waals surface area (Å²) >= 11 is 0. The van der Waals surface area contributed by atoms with Crippen molar-refractivity contribution in [1.82, 2.24) is 9.97 Å². The molecule has 2 unspecified atom stereocenters. The topological polar surface area (TPSA) is 28.7 Å². The lowest BCUT2D eigenvalue weighted by molar-refractivity contribution is 0.423. The van der Waals surface area contributed by atoms with Crippen LogP contribution in [-0.4, -0.2) is 9.97 Å². The zero-order valence-corrected chi connectivity index (χ0v) is 15.1. The van der Waals surface area contributed by atoms with Crippen molar-refractivity contribution in [2.24, 2.45) is 0 Å². The Morgan fingerprint density at radius 3 is 2.45 bits per heavy atom. The number of fused-ring (bicyclic) bond motifs is 1. The number of rotatable bonds is 3. The van der Waals surface area contributed by atoms with Crippen LogP contribution in [0.1, 0.15) is 77.1 Å². The first kappa shape index (κ1) is 18.5. The largest absolute Gasteiger partial charge is 0.348 e. The molecule has 0 saturated heterocycles. The van der Waals surface area contributed by atoms with Crippen LogP contribution in [0.25, 0.3) is 0 Å². The molecule has 0 saturated carbocycles. The van der Waals surface area contributed by atoms with Crippen LogP contribution < -0.4 is 0 Å². The van der Waals surface area contributed by atoms with E-state index in [-0.39, 0.29) is 5.41 Å². The SMILES string of the molecule is CC.CC.CCC1CC(C)(Cc2cnc[nH]2)c2ccccc21. The van der Waals surface area contributed by atoms with Crippen LogP contribution in [0.2, 0.25) is 0 Å². The first-order valence-electron chi connectivity index (χ1n) is 8.79. The van der Waals surface area contributed by atoms with Crippen molar-refractivity contribution in [3.8, 4) is 0 Å². The Morgan fingerprint density at radius 1 is 1.18 bits per heavy atom. The number of imidazole rings is 1. The van der Waals surface area contributed by atoms with E-state index in [9.17, 15) is 0 Å². The Labute approximate surface area is 136 Å². The van der Waals surface area contributed by atoms with Gasteiger partial charge in [0.15, 0.2) is 0 Å². The van der Waals surface area contributed by atoms with Gasteiger partial charge in [-0.15, -0.1) is 0 Å². The van der Waals surface area contributed by atoms with E-state index >= 15 is 0 Å². The molecule has 122 valence electrons. The maximum absolute atomic E-state index is 4.13. The minimum Gasteiger partial charge on any atom is -0.348 e. The van der Waals surface area contributed by atoms with Crippen molar-refractivity contribution in [3.05, 3.63) is 53.6 Å². The summed E-state index contributed by atoms with van der Waals surface area (Å²) in [5.74, 6) is 0.717. The van der Waals surface area contributed by atoms with Crippen LogP contribution in [0, 0.1) is 0 Å². The Morgan fingerprint density at radius 2 is 1.86 bits per heavy atom. The molecule has 2 aromatic rings. The fourth-order valence-corrected chi connectivity index (χ4v) is 3.50.